The topological polar surface area (TPSA) is 29.5 Å². The second kappa shape index (κ2) is 7.10. The number of benzene rings is 2. The Morgan fingerprint density at radius 3 is 2.08 bits per heavy atom. The molecule has 4 heteroatoms. The number of carbonyl (C=O) groups is 1. The highest BCUT2D eigenvalue weighted by Crippen LogP contribution is 2.47. The lowest BCUT2D eigenvalue weighted by Crippen LogP contribution is -2.33. The van der Waals surface area contributed by atoms with Gasteiger partial charge in [0.2, 0.25) is 0 Å². The molecule has 1 unspecified atom stereocenters. The Morgan fingerprint density at radius 1 is 0.962 bits per heavy atom. The fourth-order valence-corrected chi connectivity index (χ4v) is 4.49. The van der Waals surface area contributed by atoms with Gasteiger partial charge < -0.3 is 9.64 Å². The molecule has 2 aromatic carbocycles. The molecule has 1 saturated heterocycles. The molecule has 0 N–H and O–H groups in total. The average Bonchev–Trinajstić information content (AvgIpc) is 3.16. The van der Waals surface area contributed by atoms with Crippen molar-refractivity contribution in [3.63, 3.8) is 0 Å². The van der Waals surface area contributed by atoms with E-state index in [1.807, 2.05) is 60.7 Å². The van der Waals surface area contributed by atoms with Gasteiger partial charge in [-0.05, 0) is 35.8 Å². The van der Waals surface area contributed by atoms with Crippen LogP contribution < -0.4 is 0 Å². The molecule has 3 atom stereocenters. The van der Waals surface area contributed by atoms with E-state index in [-0.39, 0.29) is 24.5 Å². The fraction of sp³-hybridized carbons (Fsp3) is 0.409. The van der Waals surface area contributed by atoms with Crippen LogP contribution in [-0.4, -0.2) is 29.8 Å². The molecule has 26 heavy (non-hydrogen) atoms. The van der Waals surface area contributed by atoms with E-state index in [9.17, 15) is 4.79 Å². The van der Waals surface area contributed by atoms with Crippen molar-refractivity contribution >= 4 is 6.09 Å². The van der Waals surface area contributed by atoms with Gasteiger partial charge in [0, 0.05) is 19.5 Å². The molecular formula is C22H24FNO2. The van der Waals surface area contributed by atoms with Gasteiger partial charge in [0.25, 0.3) is 0 Å². The monoisotopic (exact) mass is 353 g/mol. The number of fused-ring (bicyclic) bond motifs is 1. The quantitative estimate of drug-likeness (QED) is 0.803. The standard InChI is InChI=1S/C22H24FNO2/c23-22(11-17-7-3-1-4-8-17)12-19-14-24(15-20(19)13-22)21(25)26-16-18-9-5-2-6-10-18/h1-10,19-20H,11-16H2/t19-,20+,22?. The molecule has 3 nitrogen and oxygen atoms in total. The molecular weight excluding hydrogens is 329 g/mol. The van der Waals surface area contributed by atoms with Gasteiger partial charge in [0.05, 0.1) is 0 Å². The van der Waals surface area contributed by atoms with Crippen LogP contribution >= 0.6 is 0 Å². The highest BCUT2D eigenvalue weighted by Gasteiger charge is 2.50. The van der Waals surface area contributed by atoms with Crippen molar-refractivity contribution in [2.45, 2.75) is 31.5 Å². The Hall–Kier alpha value is -2.36. The molecule has 1 aliphatic carbocycles. The lowest BCUT2D eigenvalue weighted by Gasteiger charge is -2.23. The van der Waals surface area contributed by atoms with Crippen molar-refractivity contribution in [2.75, 3.05) is 13.1 Å². The number of amides is 1. The van der Waals surface area contributed by atoms with Crippen molar-refractivity contribution < 1.29 is 13.9 Å². The third kappa shape index (κ3) is 3.74. The van der Waals surface area contributed by atoms with E-state index in [1.54, 1.807) is 4.90 Å². The number of rotatable bonds is 4. The zero-order valence-corrected chi connectivity index (χ0v) is 14.8. The minimum absolute atomic E-state index is 0.244. The maximum Gasteiger partial charge on any atom is 0.410 e. The Morgan fingerprint density at radius 2 is 1.50 bits per heavy atom. The van der Waals surface area contributed by atoms with Gasteiger partial charge in [-0.3, -0.25) is 0 Å². The first-order valence-corrected chi connectivity index (χ1v) is 9.30. The van der Waals surface area contributed by atoms with E-state index in [0.717, 1.165) is 11.1 Å². The van der Waals surface area contributed by atoms with Crippen LogP contribution in [0.25, 0.3) is 0 Å². The maximum absolute atomic E-state index is 15.3. The van der Waals surface area contributed by atoms with Gasteiger partial charge in [0.1, 0.15) is 12.3 Å². The van der Waals surface area contributed by atoms with E-state index in [4.69, 9.17) is 4.74 Å². The van der Waals surface area contributed by atoms with Crippen LogP contribution in [0, 0.1) is 11.8 Å². The second-order valence-corrected chi connectivity index (χ2v) is 7.69. The second-order valence-electron chi connectivity index (χ2n) is 7.69. The fourth-order valence-electron chi connectivity index (χ4n) is 4.49. The van der Waals surface area contributed by atoms with E-state index in [2.05, 4.69) is 0 Å². The van der Waals surface area contributed by atoms with Crippen LogP contribution in [0.1, 0.15) is 24.0 Å². The van der Waals surface area contributed by atoms with Gasteiger partial charge in [-0.15, -0.1) is 0 Å². The summed E-state index contributed by atoms with van der Waals surface area (Å²) in [5, 5.41) is 0. The van der Waals surface area contributed by atoms with Crippen molar-refractivity contribution in [2.24, 2.45) is 11.8 Å². The van der Waals surface area contributed by atoms with E-state index >= 15 is 4.39 Å². The van der Waals surface area contributed by atoms with Gasteiger partial charge >= 0.3 is 6.09 Å². The van der Waals surface area contributed by atoms with Crippen LogP contribution in [0.15, 0.2) is 60.7 Å². The molecule has 136 valence electrons. The lowest BCUT2D eigenvalue weighted by atomic mass is 9.93. The van der Waals surface area contributed by atoms with E-state index < -0.39 is 5.67 Å². The summed E-state index contributed by atoms with van der Waals surface area (Å²) in [5.74, 6) is 0.487. The van der Waals surface area contributed by atoms with Crippen molar-refractivity contribution in [1.82, 2.24) is 4.90 Å². The van der Waals surface area contributed by atoms with Crippen LogP contribution in [-0.2, 0) is 17.8 Å². The molecule has 1 amide bonds. The first-order valence-electron chi connectivity index (χ1n) is 9.30. The summed E-state index contributed by atoms with van der Waals surface area (Å²) < 4.78 is 20.7. The largest absolute Gasteiger partial charge is 0.445 e. The van der Waals surface area contributed by atoms with Crippen molar-refractivity contribution in [3.05, 3.63) is 71.8 Å². The summed E-state index contributed by atoms with van der Waals surface area (Å²) in [4.78, 5) is 14.1. The van der Waals surface area contributed by atoms with Gasteiger partial charge in [-0.1, -0.05) is 60.7 Å². The molecule has 2 aliphatic rings. The van der Waals surface area contributed by atoms with Crippen molar-refractivity contribution in [3.8, 4) is 0 Å². The summed E-state index contributed by atoms with van der Waals surface area (Å²) in [7, 11) is 0. The smallest absolute Gasteiger partial charge is 0.410 e. The Bertz CT molecular complexity index is 735. The highest BCUT2D eigenvalue weighted by molar-refractivity contribution is 5.68. The number of carbonyl (C=O) groups excluding carboxylic acids is 1. The summed E-state index contributed by atoms with van der Waals surface area (Å²) in [5.41, 5.74) is 0.886. The number of hydrogen-bond donors (Lipinski definition) is 0. The van der Waals surface area contributed by atoms with Gasteiger partial charge in [-0.2, -0.15) is 0 Å². The van der Waals surface area contributed by atoms with Crippen molar-refractivity contribution in [1.29, 1.82) is 0 Å². The molecule has 2 fully saturated rings. The van der Waals surface area contributed by atoms with Crippen LogP contribution in [0.3, 0.4) is 0 Å². The number of nitrogens with zero attached hydrogens (tertiary/aromatic N) is 1. The molecule has 1 aliphatic heterocycles. The number of ether oxygens (including phenoxy) is 1. The van der Waals surface area contributed by atoms with Gasteiger partial charge in [-0.25, -0.2) is 9.18 Å². The molecule has 4 rings (SSSR count). The summed E-state index contributed by atoms with van der Waals surface area (Å²) in [6.07, 6.45) is 1.26. The van der Waals surface area contributed by atoms with E-state index in [1.165, 1.54) is 0 Å². The maximum atomic E-state index is 15.3. The number of hydrogen-bond acceptors (Lipinski definition) is 2. The van der Waals surface area contributed by atoms with E-state index in [0.29, 0.717) is 32.4 Å². The third-order valence-electron chi connectivity index (χ3n) is 5.66. The van der Waals surface area contributed by atoms with Crippen LogP contribution in [0.5, 0.6) is 0 Å². The molecule has 0 aromatic heterocycles. The minimum atomic E-state index is -1.14. The predicted molar refractivity (Wildman–Crippen MR) is 98.4 cm³/mol. The zero-order valence-electron chi connectivity index (χ0n) is 14.8. The Balaban J connectivity index is 1.30. The average molecular weight is 353 g/mol. The number of halogens is 1. The summed E-state index contributed by atoms with van der Waals surface area (Å²) >= 11 is 0. The minimum Gasteiger partial charge on any atom is -0.445 e. The molecule has 1 saturated carbocycles. The van der Waals surface area contributed by atoms with Crippen LogP contribution in [0.2, 0.25) is 0 Å². The molecule has 0 bridgehead atoms. The molecule has 2 aromatic rings. The first kappa shape index (κ1) is 17.1. The molecule has 0 radical (unpaired) electrons. The SMILES string of the molecule is O=C(OCc1ccccc1)N1C[C@@H]2CC(F)(Cc3ccccc3)C[C@@H]2C1. The Kier molecular flexibility index (Phi) is 4.66. The summed E-state index contributed by atoms with van der Waals surface area (Å²) in [6, 6.07) is 19.5. The number of alkyl halides is 1. The third-order valence-corrected chi connectivity index (χ3v) is 5.66. The molecule has 1 heterocycles. The first-order chi connectivity index (χ1) is 12.6. The summed E-state index contributed by atoms with van der Waals surface area (Å²) in [6.45, 7) is 1.50. The Labute approximate surface area is 153 Å². The number of likely N-dealkylation sites (tertiary alicyclic amines) is 1. The predicted octanol–water partition coefficient (Wildman–Crippen LogP) is 4.62. The lowest BCUT2D eigenvalue weighted by molar-refractivity contribution is 0.0946. The molecule has 0 spiro atoms. The van der Waals surface area contributed by atoms with Gasteiger partial charge in [0.15, 0.2) is 0 Å². The normalized spacial score (nSPS) is 27.3. The van der Waals surface area contributed by atoms with Crippen LogP contribution in [0.4, 0.5) is 9.18 Å². The zero-order chi connectivity index (χ0) is 18.0. The highest BCUT2D eigenvalue weighted by atomic mass is 19.1.